The van der Waals surface area contributed by atoms with E-state index in [9.17, 15) is 9.59 Å². The predicted octanol–water partition coefficient (Wildman–Crippen LogP) is 4.30. The molecule has 7 heteroatoms. The highest BCUT2D eigenvalue weighted by Gasteiger charge is 2.17. The summed E-state index contributed by atoms with van der Waals surface area (Å²) in [6, 6.07) is 9.32. The van der Waals surface area contributed by atoms with Crippen molar-refractivity contribution in [1.82, 2.24) is 14.9 Å². The highest BCUT2D eigenvalue weighted by atomic mass is 32.1. The number of pyridine rings is 1. The van der Waals surface area contributed by atoms with Gasteiger partial charge in [0.05, 0.1) is 23.4 Å². The van der Waals surface area contributed by atoms with Crippen molar-refractivity contribution in [2.75, 3.05) is 12.4 Å². The van der Waals surface area contributed by atoms with E-state index in [1.54, 1.807) is 36.5 Å². The van der Waals surface area contributed by atoms with Gasteiger partial charge in [-0.05, 0) is 63.1 Å². The first-order valence-corrected chi connectivity index (χ1v) is 10.1. The fourth-order valence-electron chi connectivity index (χ4n) is 3.13. The second-order valence-corrected chi connectivity index (χ2v) is 8.04. The summed E-state index contributed by atoms with van der Waals surface area (Å²) in [5, 5.41) is 2.90. The van der Waals surface area contributed by atoms with Crippen molar-refractivity contribution in [1.29, 1.82) is 0 Å². The SMILES string of the molecule is Cc1cc(C)nc(CN(C)C(=O)c2ccc(C)c(NC(=O)c3scnc3C)c2)c1. The quantitative estimate of drug-likeness (QED) is 0.683. The molecule has 3 rings (SSSR count). The van der Waals surface area contributed by atoms with Crippen LogP contribution in [0.25, 0.3) is 0 Å². The van der Waals surface area contributed by atoms with Crippen LogP contribution in [0.4, 0.5) is 5.69 Å². The third-order valence-electron chi connectivity index (χ3n) is 4.58. The van der Waals surface area contributed by atoms with Crippen molar-refractivity contribution in [3.63, 3.8) is 0 Å². The van der Waals surface area contributed by atoms with Gasteiger partial charge in [0.15, 0.2) is 0 Å². The van der Waals surface area contributed by atoms with Crippen LogP contribution >= 0.6 is 11.3 Å². The van der Waals surface area contributed by atoms with Crippen LogP contribution in [-0.4, -0.2) is 33.7 Å². The molecule has 0 unspecified atom stereocenters. The van der Waals surface area contributed by atoms with E-state index in [2.05, 4.69) is 15.3 Å². The summed E-state index contributed by atoms with van der Waals surface area (Å²) in [6.07, 6.45) is 0. The lowest BCUT2D eigenvalue weighted by atomic mass is 10.1. The zero-order valence-corrected chi connectivity index (χ0v) is 18.1. The number of hydrogen-bond donors (Lipinski definition) is 1. The molecule has 29 heavy (non-hydrogen) atoms. The Morgan fingerprint density at radius 2 is 1.86 bits per heavy atom. The van der Waals surface area contributed by atoms with Crippen molar-refractivity contribution >= 4 is 28.8 Å². The van der Waals surface area contributed by atoms with Gasteiger partial charge < -0.3 is 10.2 Å². The summed E-state index contributed by atoms with van der Waals surface area (Å²) in [5.74, 6) is -0.346. The Balaban J connectivity index is 1.78. The van der Waals surface area contributed by atoms with Crippen molar-refractivity contribution in [3.05, 3.63) is 74.5 Å². The number of aromatic nitrogens is 2. The third-order valence-corrected chi connectivity index (χ3v) is 5.51. The average Bonchev–Trinajstić information content (AvgIpc) is 3.08. The normalized spacial score (nSPS) is 10.7. The van der Waals surface area contributed by atoms with Crippen LogP contribution in [0.2, 0.25) is 0 Å². The molecule has 2 amide bonds. The van der Waals surface area contributed by atoms with Crippen LogP contribution < -0.4 is 5.32 Å². The first-order valence-electron chi connectivity index (χ1n) is 9.26. The molecule has 150 valence electrons. The minimum Gasteiger partial charge on any atom is -0.336 e. The number of aryl methyl sites for hydroxylation is 4. The van der Waals surface area contributed by atoms with Crippen LogP contribution in [0.1, 0.15) is 48.2 Å². The van der Waals surface area contributed by atoms with Gasteiger partial charge in [0, 0.05) is 24.0 Å². The highest BCUT2D eigenvalue weighted by molar-refractivity contribution is 7.12. The van der Waals surface area contributed by atoms with Crippen molar-refractivity contribution < 1.29 is 9.59 Å². The summed E-state index contributed by atoms with van der Waals surface area (Å²) in [6.45, 7) is 8.07. The molecule has 0 spiro atoms. The Morgan fingerprint density at radius 1 is 1.10 bits per heavy atom. The second-order valence-electron chi connectivity index (χ2n) is 7.19. The standard InChI is InChI=1S/C22H24N4O2S/c1-13-8-15(3)24-18(9-13)11-26(5)22(28)17-7-6-14(2)19(10-17)25-21(27)20-16(4)23-12-29-20/h6-10,12H,11H2,1-5H3,(H,25,27). The number of carbonyl (C=O) groups is 2. The highest BCUT2D eigenvalue weighted by Crippen LogP contribution is 2.21. The van der Waals surface area contributed by atoms with Gasteiger partial charge >= 0.3 is 0 Å². The molecule has 0 fully saturated rings. The molecule has 6 nitrogen and oxygen atoms in total. The molecule has 0 aliphatic rings. The molecule has 0 bridgehead atoms. The van der Waals surface area contributed by atoms with Crippen molar-refractivity contribution in [2.45, 2.75) is 34.2 Å². The average molecular weight is 409 g/mol. The topological polar surface area (TPSA) is 75.2 Å². The van der Waals surface area contributed by atoms with Crippen LogP contribution in [0.3, 0.4) is 0 Å². The van der Waals surface area contributed by atoms with E-state index in [0.717, 1.165) is 22.5 Å². The fourth-order valence-corrected chi connectivity index (χ4v) is 3.83. The first-order chi connectivity index (χ1) is 13.7. The van der Waals surface area contributed by atoms with Crippen molar-refractivity contribution in [3.8, 4) is 0 Å². The van der Waals surface area contributed by atoms with Gasteiger partial charge in [0.25, 0.3) is 11.8 Å². The Labute approximate surface area is 174 Å². The molecule has 0 atom stereocenters. The van der Waals surface area contributed by atoms with Crippen LogP contribution in [-0.2, 0) is 6.54 Å². The number of benzene rings is 1. The lowest BCUT2D eigenvalue weighted by Crippen LogP contribution is -2.27. The van der Waals surface area contributed by atoms with Gasteiger partial charge in [-0.2, -0.15) is 0 Å². The van der Waals surface area contributed by atoms with Gasteiger partial charge in [-0.25, -0.2) is 4.98 Å². The monoisotopic (exact) mass is 408 g/mol. The number of rotatable bonds is 5. The lowest BCUT2D eigenvalue weighted by molar-refractivity contribution is 0.0783. The third kappa shape index (κ3) is 4.86. The zero-order valence-electron chi connectivity index (χ0n) is 17.2. The maximum Gasteiger partial charge on any atom is 0.267 e. The minimum absolute atomic E-state index is 0.129. The molecular formula is C22H24N4O2S. The number of anilines is 1. The minimum atomic E-state index is -0.217. The molecule has 0 aliphatic carbocycles. The summed E-state index contributed by atoms with van der Waals surface area (Å²) < 4.78 is 0. The van der Waals surface area contributed by atoms with Crippen molar-refractivity contribution in [2.24, 2.45) is 0 Å². The summed E-state index contributed by atoms with van der Waals surface area (Å²) in [7, 11) is 1.75. The van der Waals surface area contributed by atoms with E-state index < -0.39 is 0 Å². The second kappa shape index (κ2) is 8.53. The Hall–Kier alpha value is -3.06. The van der Waals surface area contributed by atoms with E-state index in [4.69, 9.17) is 0 Å². The Kier molecular flexibility index (Phi) is 6.08. The van der Waals surface area contributed by atoms with Crippen LogP contribution in [0, 0.1) is 27.7 Å². The van der Waals surface area contributed by atoms with Gasteiger partial charge in [0.2, 0.25) is 0 Å². The van der Waals surface area contributed by atoms with Gasteiger partial charge in [-0.15, -0.1) is 11.3 Å². The number of carbonyl (C=O) groups excluding carboxylic acids is 2. The van der Waals surface area contributed by atoms with E-state index in [-0.39, 0.29) is 11.8 Å². The van der Waals surface area contributed by atoms with Gasteiger partial charge in [-0.3, -0.25) is 14.6 Å². The zero-order chi connectivity index (χ0) is 21.1. The Bertz CT molecular complexity index is 1050. The lowest BCUT2D eigenvalue weighted by Gasteiger charge is -2.18. The Morgan fingerprint density at radius 3 is 2.52 bits per heavy atom. The van der Waals surface area contributed by atoms with Crippen LogP contribution in [0.5, 0.6) is 0 Å². The summed E-state index contributed by atoms with van der Waals surface area (Å²) >= 11 is 1.30. The maximum atomic E-state index is 12.9. The number of hydrogen-bond acceptors (Lipinski definition) is 5. The fraction of sp³-hybridized carbons (Fsp3) is 0.273. The number of amides is 2. The molecule has 0 saturated carbocycles. The van der Waals surface area contributed by atoms with E-state index in [1.807, 2.05) is 39.0 Å². The number of nitrogens with one attached hydrogen (secondary N) is 1. The molecule has 1 aromatic carbocycles. The van der Waals surface area contributed by atoms with Gasteiger partial charge in [0.1, 0.15) is 4.88 Å². The van der Waals surface area contributed by atoms with E-state index >= 15 is 0 Å². The summed E-state index contributed by atoms with van der Waals surface area (Å²) in [4.78, 5) is 36.3. The number of nitrogens with zero attached hydrogens (tertiary/aromatic N) is 3. The molecule has 0 saturated heterocycles. The molecule has 0 aliphatic heterocycles. The summed E-state index contributed by atoms with van der Waals surface area (Å²) in [5.41, 5.74) is 7.25. The number of thiazole rings is 1. The molecule has 3 aromatic rings. The molecule has 1 N–H and O–H groups in total. The molecule has 2 heterocycles. The maximum absolute atomic E-state index is 12.9. The molecular weight excluding hydrogens is 384 g/mol. The smallest absolute Gasteiger partial charge is 0.267 e. The first kappa shape index (κ1) is 20.7. The van der Waals surface area contributed by atoms with Gasteiger partial charge in [-0.1, -0.05) is 6.07 Å². The predicted molar refractivity (Wildman–Crippen MR) is 115 cm³/mol. The molecule has 0 radical (unpaired) electrons. The molecule has 2 aromatic heterocycles. The largest absolute Gasteiger partial charge is 0.336 e. The van der Waals surface area contributed by atoms with Crippen LogP contribution in [0.15, 0.2) is 35.8 Å². The van der Waals surface area contributed by atoms with E-state index in [1.165, 1.54) is 11.3 Å². The van der Waals surface area contributed by atoms with E-state index in [0.29, 0.717) is 28.4 Å².